The van der Waals surface area contributed by atoms with Gasteiger partial charge in [0.25, 0.3) is 0 Å². The predicted octanol–water partition coefficient (Wildman–Crippen LogP) is 1.05. The van der Waals surface area contributed by atoms with Crippen molar-refractivity contribution in [1.82, 2.24) is 5.32 Å². The number of carbonyl (C=O) groups is 1. The predicted molar refractivity (Wildman–Crippen MR) is 64.1 cm³/mol. The Kier molecular flexibility index (Phi) is 6.42. The fourth-order valence-corrected chi connectivity index (χ4v) is 2.14. The maximum absolute atomic E-state index is 11.4. The van der Waals surface area contributed by atoms with Gasteiger partial charge >= 0.3 is 0 Å². The van der Waals surface area contributed by atoms with Gasteiger partial charge in [0.05, 0.1) is 0 Å². The van der Waals surface area contributed by atoms with Crippen LogP contribution in [0.2, 0.25) is 0 Å². The van der Waals surface area contributed by atoms with E-state index in [1.54, 1.807) is 0 Å². The summed E-state index contributed by atoms with van der Waals surface area (Å²) in [4.78, 5) is 11.4. The molecular formula is C12H24N2O2. The number of ether oxygens (including phenoxy) is 1. The molecule has 4 nitrogen and oxygen atoms in total. The van der Waals surface area contributed by atoms with Gasteiger partial charge in [-0.05, 0) is 31.6 Å². The number of hydrogen-bond acceptors (Lipinski definition) is 3. The third kappa shape index (κ3) is 5.47. The summed E-state index contributed by atoms with van der Waals surface area (Å²) in [5.74, 6) is 0.548. The molecule has 0 radical (unpaired) electrons. The summed E-state index contributed by atoms with van der Waals surface area (Å²) < 4.78 is 5.17. The smallest absolute Gasteiger partial charge is 0.246 e. The number of rotatable bonds is 6. The van der Waals surface area contributed by atoms with Crippen molar-refractivity contribution >= 4 is 5.91 Å². The standard InChI is InChI=1S/C12H24N2O2/c1-2-6-16-9-12(15)14-8-10-4-3-5-11(13)7-10/h10-11H,2-9,13H2,1H3,(H,14,15). The summed E-state index contributed by atoms with van der Waals surface area (Å²) >= 11 is 0. The third-order valence-electron chi connectivity index (χ3n) is 2.99. The van der Waals surface area contributed by atoms with E-state index in [4.69, 9.17) is 10.5 Å². The summed E-state index contributed by atoms with van der Waals surface area (Å²) in [7, 11) is 0. The minimum Gasteiger partial charge on any atom is -0.372 e. The number of hydrogen-bond donors (Lipinski definition) is 2. The first-order valence-corrected chi connectivity index (χ1v) is 6.32. The van der Waals surface area contributed by atoms with Crippen molar-refractivity contribution in [3.8, 4) is 0 Å². The maximum atomic E-state index is 11.4. The lowest BCUT2D eigenvalue weighted by Gasteiger charge is -2.26. The highest BCUT2D eigenvalue weighted by atomic mass is 16.5. The molecule has 94 valence electrons. The van der Waals surface area contributed by atoms with E-state index in [1.165, 1.54) is 12.8 Å². The zero-order chi connectivity index (χ0) is 11.8. The Morgan fingerprint density at radius 1 is 1.50 bits per heavy atom. The first-order valence-electron chi connectivity index (χ1n) is 6.32. The molecule has 0 bridgehead atoms. The van der Waals surface area contributed by atoms with Gasteiger partial charge in [-0.2, -0.15) is 0 Å². The zero-order valence-corrected chi connectivity index (χ0v) is 10.2. The summed E-state index contributed by atoms with van der Waals surface area (Å²) in [6, 6.07) is 0.326. The quantitative estimate of drug-likeness (QED) is 0.668. The van der Waals surface area contributed by atoms with Crippen molar-refractivity contribution in [2.45, 2.75) is 45.1 Å². The van der Waals surface area contributed by atoms with Gasteiger partial charge < -0.3 is 15.8 Å². The van der Waals surface area contributed by atoms with E-state index in [1.807, 2.05) is 6.92 Å². The molecule has 1 aliphatic carbocycles. The average Bonchev–Trinajstić information content (AvgIpc) is 2.27. The van der Waals surface area contributed by atoms with Gasteiger partial charge in [-0.15, -0.1) is 0 Å². The molecule has 2 atom stereocenters. The van der Waals surface area contributed by atoms with Crippen molar-refractivity contribution in [1.29, 1.82) is 0 Å². The molecule has 0 aromatic carbocycles. The Hall–Kier alpha value is -0.610. The van der Waals surface area contributed by atoms with Crippen LogP contribution >= 0.6 is 0 Å². The Bertz CT molecular complexity index is 209. The largest absolute Gasteiger partial charge is 0.372 e. The van der Waals surface area contributed by atoms with Crippen molar-refractivity contribution in [2.24, 2.45) is 11.7 Å². The topological polar surface area (TPSA) is 64.3 Å². The molecule has 0 aliphatic heterocycles. The summed E-state index contributed by atoms with van der Waals surface area (Å²) in [6.45, 7) is 3.62. The molecule has 1 fully saturated rings. The molecule has 0 heterocycles. The van der Waals surface area contributed by atoms with Crippen LogP contribution in [-0.2, 0) is 9.53 Å². The number of amides is 1. The Labute approximate surface area is 97.9 Å². The summed E-state index contributed by atoms with van der Waals surface area (Å²) in [6.07, 6.45) is 5.49. The Morgan fingerprint density at radius 2 is 2.31 bits per heavy atom. The minimum absolute atomic E-state index is 0.00686. The summed E-state index contributed by atoms with van der Waals surface area (Å²) in [5, 5.41) is 2.91. The van der Waals surface area contributed by atoms with Crippen LogP contribution in [0.5, 0.6) is 0 Å². The van der Waals surface area contributed by atoms with Crippen LogP contribution in [0.1, 0.15) is 39.0 Å². The van der Waals surface area contributed by atoms with Gasteiger partial charge in [0.1, 0.15) is 6.61 Å². The lowest BCUT2D eigenvalue weighted by Crippen LogP contribution is -2.37. The summed E-state index contributed by atoms with van der Waals surface area (Å²) in [5.41, 5.74) is 5.89. The minimum atomic E-state index is -0.00686. The monoisotopic (exact) mass is 228 g/mol. The van der Waals surface area contributed by atoms with Gasteiger partial charge in [0, 0.05) is 19.2 Å². The highest BCUT2D eigenvalue weighted by Gasteiger charge is 2.19. The highest BCUT2D eigenvalue weighted by molar-refractivity contribution is 5.77. The maximum Gasteiger partial charge on any atom is 0.246 e. The molecule has 16 heavy (non-hydrogen) atoms. The van der Waals surface area contributed by atoms with Gasteiger partial charge in [0.15, 0.2) is 0 Å². The molecule has 2 unspecified atom stereocenters. The first-order chi connectivity index (χ1) is 7.72. The van der Waals surface area contributed by atoms with Crippen LogP contribution in [0.4, 0.5) is 0 Å². The SMILES string of the molecule is CCCOCC(=O)NCC1CCCC(N)C1. The van der Waals surface area contributed by atoms with Gasteiger partial charge in [-0.25, -0.2) is 0 Å². The molecule has 3 N–H and O–H groups in total. The van der Waals surface area contributed by atoms with Gasteiger partial charge in [0.2, 0.25) is 5.91 Å². The molecule has 0 saturated heterocycles. The van der Waals surface area contributed by atoms with E-state index in [0.717, 1.165) is 25.8 Å². The molecule has 1 saturated carbocycles. The van der Waals surface area contributed by atoms with Gasteiger partial charge in [-0.1, -0.05) is 13.3 Å². The third-order valence-corrected chi connectivity index (χ3v) is 2.99. The first kappa shape index (κ1) is 13.5. The lowest BCUT2D eigenvalue weighted by atomic mass is 9.86. The van der Waals surface area contributed by atoms with Gasteiger partial charge in [-0.3, -0.25) is 4.79 Å². The second-order valence-electron chi connectivity index (χ2n) is 4.65. The van der Waals surface area contributed by atoms with Crippen LogP contribution in [0, 0.1) is 5.92 Å². The number of nitrogens with one attached hydrogen (secondary N) is 1. The van der Waals surface area contributed by atoms with E-state index in [-0.39, 0.29) is 12.5 Å². The van der Waals surface area contributed by atoms with Crippen LogP contribution in [-0.4, -0.2) is 31.7 Å². The van der Waals surface area contributed by atoms with E-state index >= 15 is 0 Å². The molecule has 0 aromatic rings. The van der Waals surface area contributed by atoms with Crippen LogP contribution in [0.25, 0.3) is 0 Å². The van der Waals surface area contributed by atoms with Crippen molar-refractivity contribution < 1.29 is 9.53 Å². The number of carbonyl (C=O) groups excluding carboxylic acids is 1. The molecule has 1 amide bonds. The highest BCUT2D eigenvalue weighted by Crippen LogP contribution is 2.22. The molecule has 0 spiro atoms. The lowest BCUT2D eigenvalue weighted by molar-refractivity contribution is -0.125. The molecular weight excluding hydrogens is 204 g/mol. The van der Waals surface area contributed by atoms with Crippen molar-refractivity contribution in [3.63, 3.8) is 0 Å². The van der Waals surface area contributed by atoms with E-state index in [0.29, 0.717) is 18.6 Å². The molecule has 1 rings (SSSR count). The molecule has 0 aromatic heterocycles. The van der Waals surface area contributed by atoms with Crippen molar-refractivity contribution in [2.75, 3.05) is 19.8 Å². The van der Waals surface area contributed by atoms with E-state index in [2.05, 4.69) is 5.32 Å². The van der Waals surface area contributed by atoms with E-state index < -0.39 is 0 Å². The Balaban J connectivity index is 2.06. The fraction of sp³-hybridized carbons (Fsp3) is 0.917. The number of nitrogens with two attached hydrogens (primary N) is 1. The van der Waals surface area contributed by atoms with Crippen LogP contribution in [0.15, 0.2) is 0 Å². The molecule has 1 aliphatic rings. The molecule has 4 heteroatoms. The van der Waals surface area contributed by atoms with Crippen LogP contribution < -0.4 is 11.1 Å². The fourth-order valence-electron chi connectivity index (χ4n) is 2.14. The van der Waals surface area contributed by atoms with Crippen molar-refractivity contribution in [3.05, 3.63) is 0 Å². The average molecular weight is 228 g/mol. The second kappa shape index (κ2) is 7.63. The zero-order valence-electron chi connectivity index (χ0n) is 10.2. The Morgan fingerprint density at radius 3 is 3.00 bits per heavy atom. The normalized spacial score (nSPS) is 25.4. The van der Waals surface area contributed by atoms with E-state index in [9.17, 15) is 4.79 Å². The second-order valence-corrected chi connectivity index (χ2v) is 4.65. The van der Waals surface area contributed by atoms with Crippen LogP contribution in [0.3, 0.4) is 0 Å².